The van der Waals surface area contributed by atoms with Gasteiger partial charge < -0.3 is 5.32 Å². The monoisotopic (exact) mass is 375 g/mol. The summed E-state index contributed by atoms with van der Waals surface area (Å²) in [5.74, 6) is 2.11. The van der Waals surface area contributed by atoms with E-state index in [-0.39, 0.29) is 5.82 Å². The second-order valence-corrected chi connectivity index (χ2v) is 6.98. The molecule has 0 spiro atoms. The molecule has 1 saturated carbocycles. The van der Waals surface area contributed by atoms with E-state index in [9.17, 15) is 4.39 Å². The summed E-state index contributed by atoms with van der Waals surface area (Å²) in [6, 6.07) is 16.7. The SMILES string of the molecule is Cc1cc(Nc2ncnc3ccccc23)n[nH]1.Fc1ccc(C2CCC2)cc1. The van der Waals surface area contributed by atoms with Crippen LogP contribution in [-0.4, -0.2) is 20.2 Å². The van der Waals surface area contributed by atoms with Crippen molar-refractivity contribution in [2.75, 3.05) is 5.32 Å². The lowest BCUT2D eigenvalue weighted by atomic mass is 9.80. The number of halogens is 1. The molecule has 2 heterocycles. The van der Waals surface area contributed by atoms with Gasteiger partial charge in [0.15, 0.2) is 5.82 Å². The van der Waals surface area contributed by atoms with Gasteiger partial charge in [0.2, 0.25) is 0 Å². The summed E-state index contributed by atoms with van der Waals surface area (Å²) < 4.78 is 12.5. The van der Waals surface area contributed by atoms with E-state index >= 15 is 0 Å². The van der Waals surface area contributed by atoms with Gasteiger partial charge in [0, 0.05) is 17.1 Å². The van der Waals surface area contributed by atoms with Crippen LogP contribution in [0.4, 0.5) is 16.0 Å². The first-order valence-corrected chi connectivity index (χ1v) is 9.43. The number of fused-ring (bicyclic) bond motifs is 1. The predicted molar refractivity (Wildman–Crippen MR) is 109 cm³/mol. The smallest absolute Gasteiger partial charge is 0.153 e. The number of anilines is 2. The zero-order valence-corrected chi connectivity index (χ0v) is 15.7. The Morgan fingerprint density at radius 3 is 2.50 bits per heavy atom. The van der Waals surface area contributed by atoms with Gasteiger partial charge in [-0.05, 0) is 55.5 Å². The lowest BCUT2D eigenvalue weighted by Gasteiger charge is -2.25. The Labute approximate surface area is 163 Å². The van der Waals surface area contributed by atoms with E-state index in [1.165, 1.54) is 24.8 Å². The molecule has 28 heavy (non-hydrogen) atoms. The Morgan fingerprint density at radius 2 is 1.82 bits per heavy atom. The summed E-state index contributed by atoms with van der Waals surface area (Å²) >= 11 is 0. The van der Waals surface area contributed by atoms with Gasteiger partial charge in [-0.15, -0.1) is 0 Å². The molecule has 0 radical (unpaired) electrons. The van der Waals surface area contributed by atoms with Gasteiger partial charge in [-0.2, -0.15) is 5.10 Å². The fraction of sp³-hybridized carbons (Fsp3) is 0.227. The molecule has 1 fully saturated rings. The lowest BCUT2D eigenvalue weighted by molar-refractivity contribution is 0.419. The number of nitrogens with one attached hydrogen (secondary N) is 2. The van der Waals surface area contributed by atoms with Gasteiger partial charge in [-0.25, -0.2) is 14.4 Å². The molecule has 1 aliphatic rings. The Balaban J connectivity index is 0.000000151. The Bertz CT molecular complexity index is 1050. The third-order valence-corrected chi connectivity index (χ3v) is 4.94. The van der Waals surface area contributed by atoms with Gasteiger partial charge in [0.05, 0.1) is 5.52 Å². The molecule has 4 aromatic rings. The van der Waals surface area contributed by atoms with E-state index in [0.29, 0.717) is 0 Å². The quantitative estimate of drug-likeness (QED) is 0.496. The minimum atomic E-state index is -0.131. The van der Waals surface area contributed by atoms with E-state index in [0.717, 1.165) is 34.2 Å². The van der Waals surface area contributed by atoms with Crippen LogP contribution in [0.25, 0.3) is 10.9 Å². The number of hydrogen-bond acceptors (Lipinski definition) is 4. The average molecular weight is 375 g/mol. The summed E-state index contributed by atoms with van der Waals surface area (Å²) in [5.41, 5.74) is 3.22. The van der Waals surface area contributed by atoms with Crippen LogP contribution in [0.15, 0.2) is 60.9 Å². The normalized spacial score (nSPS) is 13.5. The van der Waals surface area contributed by atoms with Crippen LogP contribution in [0.3, 0.4) is 0 Å². The molecule has 0 unspecified atom stereocenters. The van der Waals surface area contributed by atoms with Crippen molar-refractivity contribution < 1.29 is 4.39 Å². The maximum atomic E-state index is 12.5. The minimum Gasteiger partial charge on any atom is -0.323 e. The molecule has 0 atom stereocenters. The number of aryl methyl sites for hydroxylation is 1. The summed E-state index contributed by atoms with van der Waals surface area (Å²) in [4.78, 5) is 8.44. The number of H-pyrrole nitrogens is 1. The van der Waals surface area contributed by atoms with Gasteiger partial charge in [-0.1, -0.05) is 30.7 Å². The fourth-order valence-electron chi connectivity index (χ4n) is 3.18. The molecular weight excluding hydrogens is 353 g/mol. The molecule has 6 heteroatoms. The van der Waals surface area contributed by atoms with Crippen molar-refractivity contribution in [1.29, 1.82) is 0 Å². The zero-order chi connectivity index (χ0) is 19.3. The third-order valence-electron chi connectivity index (χ3n) is 4.94. The molecule has 0 bridgehead atoms. The molecule has 2 aromatic carbocycles. The van der Waals surface area contributed by atoms with Crippen LogP contribution in [0.5, 0.6) is 0 Å². The Hall–Kier alpha value is -3.28. The Morgan fingerprint density at radius 1 is 1.04 bits per heavy atom. The van der Waals surface area contributed by atoms with E-state index in [1.54, 1.807) is 18.5 Å². The first kappa shape index (κ1) is 18.1. The predicted octanol–water partition coefficient (Wildman–Crippen LogP) is 5.50. The standard InChI is InChI=1S/C12H11N5.C10H11F/c1-8-6-11(17-16-8)15-12-9-4-2-3-5-10(9)13-7-14-12;11-10-6-4-9(5-7-10)8-2-1-3-8/h2-7H,1H3,(H2,13,14,15,16,17);4-8H,1-3H2. The summed E-state index contributed by atoms with van der Waals surface area (Å²) in [5, 5.41) is 11.2. The van der Waals surface area contributed by atoms with Gasteiger partial charge in [-0.3, -0.25) is 5.10 Å². The van der Waals surface area contributed by atoms with Crippen molar-refractivity contribution in [3.05, 3.63) is 78.0 Å². The highest BCUT2D eigenvalue weighted by molar-refractivity contribution is 5.90. The van der Waals surface area contributed by atoms with E-state index in [2.05, 4.69) is 25.5 Å². The third kappa shape index (κ3) is 4.17. The number of rotatable bonds is 3. The minimum absolute atomic E-state index is 0.131. The number of hydrogen-bond donors (Lipinski definition) is 2. The average Bonchev–Trinajstić information content (AvgIpc) is 3.08. The van der Waals surface area contributed by atoms with Crippen LogP contribution >= 0.6 is 0 Å². The number of aromatic nitrogens is 4. The summed E-state index contributed by atoms with van der Waals surface area (Å²) in [6.07, 6.45) is 5.45. The van der Waals surface area contributed by atoms with Crippen LogP contribution in [-0.2, 0) is 0 Å². The second kappa shape index (κ2) is 8.17. The number of benzene rings is 2. The summed E-state index contributed by atoms with van der Waals surface area (Å²) in [6.45, 7) is 1.95. The molecule has 5 rings (SSSR count). The molecule has 1 aliphatic carbocycles. The van der Waals surface area contributed by atoms with Crippen molar-refractivity contribution >= 4 is 22.5 Å². The summed E-state index contributed by atoms with van der Waals surface area (Å²) in [7, 11) is 0. The van der Waals surface area contributed by atoms with Crippen LogP contribution in [0, 0.1) is 12.7 Å². The first-order chi connectivity index (χ1) is 13.7. The van der Waals surface area contributed by atoms with Crippen LogP contribution < -0.4 is 5.32 Å². The van der Waals surface area contributed by atoms with E-state index < -0.39 is 0 Å². The highest BCUT2D eigenvalue weighted by Gasteiger charge is 2.18. The van der Waals surface area contributed by atoms with Gasteiger partial charge in [0.1, 0.15) is 18.0 Å². The maximum absolute atomic E-state index is 12.5. The highest BCUT2D eigenvalue weighted by atomic mass is 19.1. The second-order valence-electron chi connectivity index (χ2n) is 6.98. The van der Waals surface area contributed by atoms with Gasteiger partial charge in [0.25, 0.3) is 0 Å². The first-order valence-electron chi connectivity index (χ1n) is 9.43. The molecule has 5 nitrogen and oxygen atoms in total. The van der Waals surface area contributed by atoms with Crippen LogP contribution in [0.2, 0.25) is 0 Å². The molecule has 142 valence electrons. The van der Waals surface area contributed by atoms with Gasteiger partial charge >= 0.3 is 0 Å². The zero-order valence-electron chi connectivity index (χ0n) is 15.7. The molecule has 0 aliphatic heterocycles. The van der Waals surface area contributed by atoms with Crippen molar-refractivity contribution in [2.45, 2.75) is 32.1 Å². The number of aromatic amines is 1. The lowest BCUT2D eigenvalue weighted by Crippen LogP contribution is -2.08. The maximum Gasteiger partial charge on any atom is 0.153 e. The number of nitrogens with zero attached hydrogens (tertiary/aromatic N) is 3. The molecule has 2 aromatic heterocycles. The van der Waals surface area contributed by atoms with E-state index in [4.69, 9.17) is 0 Å². The highest BCUT2D eigenvalue weighted by Crippen LogP contribution is 2.36. The largest absolute Gasteiger partial charge is 0.323 e. The Kier molecular flexibility index (Phi) is 5.28. The van der Waals surface area contributed by atoms with Crippen LogP contribution in [0.1, 0.15) is 36.4 Å². The van der Waals surface area contributed by atoms with E-state index in [1.807, 2.05) is 49.4 Å². The van der Waals surface area contributed by atoms with Crippen molar-refractivity contribution in [2.24, 2.45) is 0 Å². The topological polar surface area (TPSA) is 66.5 Å². The molecule has 0 saturated heterocycles. The van der Waals surface area contributed by atoms with Crippen molar-refractivity contribution in [3.8, 4) is 0 Å². The number of para-hydroxylation sites is 1. The molecule has 0 amide bonds. The fourth-order valence-corrected chi connectivity index (χ4v) is 3.18. The molecular formula is C22H22FN5. The molecule has 2 N–H and O–H groups in total. The van der Waals surface area contributed by atoms with Crippen molar-refractivity contribution in [1.82, 2.24) is 20.2 Å². The van der Waals surface area contributed by atoms with Crippen molar-refractivity contribution in [3.63, 3.8) is 0 Å².